The van der Waals surface area contributed by atoms with E-state index >= 15 is 0 Å². The molecule has 3 N–H and O–H groups in total. The molecule has 2 heterocycles. The highest BCUT2D eigenvalue weighted by molar-refractivity contribution is 5.95. The number of carbonyl (C=O) groups is 2. The maximum absolute atomic E-state index is 13.5. The summed E-state index contributed by atoms with van der Waals surface area (Å²) in [6.07, 6.45) is 5.40. The van der Waals surface area contributed by atoms with Crippen LogP contribution in [0.1, 0.15) is 66.6 Å². The minimum Gasteiger partial charge on any atom is -0.490 e. The zero-order valence-corrected chi connectivity index (χ0v) is 21.7. The van der Waals surface area contributed by atoms with Crippen LogP contribution in [0.2, 0.25) is 0 Å². The number of piperidine rings is 1. The number of carbonyl (C=O) groups excluding carboxylic acids is 2. The molecule has 1 saturated heterocycles. The number of nitrogens with zero attached hydrogens (tertiary/aromatic N) is 2. The molecule has 0 bridgehead atoms. The highest BCUT2D eigenvalue weighted by atomic mass is 16.5. The number of nitrogens with one attached hydrogen (secondary N) is 1. The largest absolute Gasteiger partial charge is 0.490 e. The van der Waals surface area contributed by atoms with Crippen LogP contribution in [-0.4, -0.2) is 55.3 Å². The first-order valence-corrected chi connectivity index (χ1v) is 12.8. The molecule has 0 aliphatic carbocycles. The Morgan fingerprint density at radius 2 is 1.70 bits per heavy atom. The Labute approximate surface area is 218 Å². The van der Waals surface area contributed by atoms with E-state index in [4.69, 9.17) is 19.9 Å². The lowest BCUT2D eigenvalue weighted by Crippen LogP contribution is -2.43. The first-order chi connectivity index (χ1) is 17.9. The molecule has 0 aromatic heterocycles. The number of benzene rings is 2. The molecule has 2 amide bonds. The number of amides is 2. The zero-order valence-electron chi connectivity index (χ0n) is 21.7. The van der Waals surface area contributed by atoms with Gasteiger partial charge in [0.15, 0.2) is 11.5 Å². The fourth-order valence-electron chi connectivity index (χ4n) is 4.85. The second-order valence-electron chi connectivity index (χ2n) is 9.30. The van der Waals surface area contributed by atoms with Gasteiger partial charge in [-0.15, -0.1) is 0 Å². The van der Waals surface area contributed by atoms with Gasteiger partial charge in [-0.2, -0.15) is 0 Å². The molecule has 1 atom stereocenters. The lowest BCUT2D eigenvalue weighted by molar-refractivity contribution is 0.0713. The molecule has 0 radical (unpaired) electrons. The van der Waals surface area contributed by atoms with Crippen molar-refractivity contribution in [2.75, 3.05) is 33.4 Å². The standard InChI is InChI=1S/C28H36N4O5/c1-4-35-25-11-8-20(18-26(25)36-5-2)23-7-6-14-32(30-23)27(33)21-9-10-24(37-28(29)34)22(17-21)19-12-15-31(3)16-13-19/h6,8-11,14,17-19,23,30H,4-5,7,12-13,15-16H2,1-3H3,(H2,29,34). The zero-order chi connectivity index (χ0) is 26.4. The van der Waals surface area contributed by atoms with Gasteiger partial charge in [-0.25, -0.2) is 15.2 Å². The van der Waals surface area contributed by atoms with E-state index in [0.717, 1.165) is 43.5 Å². The maximum Gasteiger partial charge on any atom is 0.409 e. The lowest BCUT2D eigenvalue weighted by atomic mass is 9.88. The third kappa shape index (κ3) is 6.42. The van der Waals surface area contributed by atoms with Gasteiger partial charge in [-0.1, -0.05) is 12.1 Å². The van der Waals surface area contributed by atoms with Crippen LogP contribution in [0.4, 0.5) is 4.79 Å². The van der Waals surface area contributed by atoms with Crippen molar-refractivity contribution in [2.24, 2.45) is 5.73 Å². The van der Waals surface area contributed by atoms with Gasteiger partial charge in [0.05, 0.1) is 19.3 Å². The number of ether oxygens (including phenoxy) is 3. The topological polar surface area (TPSA) is 106 Å². The van der Waals surface area contributed by atoms with E-state index in [9.17, 15) is 9.59 Å². The minimum absolute atomic E-state index is 0.116. The van der Waals surface area contributed by atoms with Crippen LogP contribution < -0.4 is 25.4 Å². The van der Waals surface area contributed by atoms with E-state index in [-0.39, 0.29) is 17.9 Å². The van der Waals surface area contributed by atoms with Crippen molar-refractivity contribution in [3.8, 4) is 17.2 Å². The summed E-state index contributed by atoms with van der Waals surface area (Å²) in [7, 11) is 2.09. The molecule has 1 fully saturated rings. The molecule has 0 spiro atoms. The molecule has 1 unspecified atom stereocenters. The second-order valence-corrected chi connectivity index (χ2v) is 9.30. The van der Waals surface area contributed by atoms with Gasteiger partial charge >= 0.3 is 6.09 Å². The summed E-state index contributed by atoms with van der Waals surface area (Å²) in [4.78, 5) is 27.3. The monoisotopic (exact) mass is 508 g/mol. The van der Waals surface area contributed by atoms with Crippen LogP contribution in [0.5, 0.6) is 17.2 Å². The molecular formula is C28H36N4O5. The Morgan fingerprint density at radius 3 is 2.41 bits per heavy atom. The Hall–Kier alpha value is -3.56. The van der Waals surface area contributed by atoms with Gasteiger partial charge in [-0.05, 0) is 101 Å². The smallest absolute Gasteiger partial charge is 0.409 e. The molecule has 2 aliphatic heterocycles. The number of nitrogens with two attached hydrogens (primary N) is 1. The molecule has 0 saturated carbocycles. The molecule has 37 heavy (non-hydrogen) atoms. The summed E-state index contributed by atoms with van der Waals surface area (Å²) >= 11 is 0. The van der Waals surface area contributed by atoms with E-state index in [1.807, 2.05) is 44.2 Å². The van der Waals surface area contributed by atoms with Crippen LogP contribution in [-0.2, 0) is 0 Å². The predicted octanol–water partition coefficient (Wildman–Crippen LogP) is 4.36. The van der Waals surface area contributed by atoms with Gasteiger partial charge in [-0.3, -0.25) is 4.79 Å². The average molecular weight is 509 g/mol. The van der Waals surface area contributed by atoms with E-state index < -0.39 is 6.09 Å². The number of primary amides is 1. The van der Waals surface area contributed by atoms with Crippen molar-refractivity contribution in [3.63, 3.8) is 0 Å². The summed E-state index contributed by atoms with van der Waals surface area (Å²) < 4.78 is 16.8. The Bertz CT molecular complexity index is 1140. The highest BCUT2D eigenvalue weighted by Gasteiger charge is 2.27. The van der Waals surface area contributed by atoms with Crippen molar-refractivity contribution < 1.29 is 23.8 Å². The van der Waals surface area contributed by atoms with E-state index in [0.29, 0.717) is 36.0 Å². The van der Waals surface area contributed by atoms with Crippen LogP contribution in [0.25, 0.3) is 0 Å². The summed E-state index contributed by atoms with van der Waals surface area (Å²) in [5.74, 6) is 1.78. The molecule has 198 valence electrons. The van der Waals surface area contributed by atoms with Crippen molar-refractivity contribution in [2.45, 2.75) is 45.1 Å². The molecule has 2 aromatic carbocycles. The van der Waals surface area contributed by atoms with Crippen LogP contribution in [0, 0.1) is 0 Å². The first-order valence-electron chi connectivity index (χ1n) is 12.8. The van der Waals surface area contributed by atoms with E-state index in [1.54, 1.807) is 18.3 Å². The Morgan fingerprint density at radius 1 is 1.00 bits per heavy atom. The minimum atomic E-state index is -0.862. The van der Waals surface area contributed by atoms with Gasteiger partial charge in [0, 0.05) is 11.8 Å². The second kappa shape index (κ2) is 12.1. The van der Waals surface area contributed by atoms with Gasteiger partial charge in [0.25, 0.3) is 5.91 Å². The fourth-order valence-corrected chi connectivity index (χ4v) is 4.85. The number of hydrazine groups is 1. The number of hydrogen-bond acceptors (Lipinski definition) is 7. The molecule has 9 nitrogen and oxygen atoms in total. The van der Waals surface area contributed by atoms with Crippen molar-refractivity contribution in [3.05, 3.63) is 65.4 Å². The van der Waals surface area contributed by atoms with Crippen molar-refractivity contribution in [1.29, 1.82) is 0 Å². The van der Waals surface area contributed by atoms with Crippen LogP contribution in [0.3, 0.4) is 0 Å². The highest BCUT2D eigenvalue weighted by Crippen LogP contribution is 2.36. The number of hydrogen-bond donors (Lipinski definition) is 2. The van der Waals surface area contributed by atoms with Crippen molar-refractivity contribution in [1.82, 2.24) is 15.3 Å². The van der Waals surface area contributed by atoms with Crippen LogP contribution in [0.15, 0.2) is 48.7 Å². The summed E-state index contributed by atoms with van der Waals surface area (Å²) in [6.45, 7) is 6.82. The summed E-state index contributed by atoms with van der Waals surface area (Å²) in [5, 5.41) is 1.51. The molecule has 2 aliphatic rings. The quantitative estimate of drug-likeness (QED) is 0.546. The average Bonchev–Trinajstić information content (AvgIpc) is 2.90. The Kier molecular flexibility index (Phi) is 8.68. The van der Waals surface area contributed by atoms with E-state index in [1.165, 1.54) is 5.01 Å². The third-order valence-electron chi connectivity index (χ3n) is 6.74. The molecule has 9 heteroatoms. The first kappa shape index (κ1) is 26.5. The molecule has 2 aromatic rings. The van der Waals surface area contributed by atoms with Gasteiger partial charge in [0.1, 0.15) is 5.75 Å². The summed E-state index contributed by atoms with van der Waals surface area (Å²) in [6, 6.07) is 10.9. The van der Waals surface area contributed by atoms with Gasteiger partial charge in [0.2, 0.25) is 0 Å². The fraction of sp³-hybridized carbons (Fsp3) is 0.429. The predicted molar refractivity (Wildman–Crippen MR) is 141 cm³/mol. The number of rotatable bonds is 8. The normalized spacial score (nSPS) is 18.5. The SMILES string of the molecule is CCOc1ccc(C2CC=CN(C(=O)c3ccc(OC(N)=O)c(C4CCN(C)CC4)c3)N2)cc1OCC. The molecule has 4 rings (SSSR count). The van der Waals surface area contributed by atoms with Gasteiger partial charge < -0.3 is 24.8 Å². The number of likely N-dealkylation sites (tertiary alicyclic amines) is 1. The lowest BCUT2D eigenvalue weighted by Gasteiger charge is -2.31. The summed E-state index contributed by atoms with van der Waals surface area (Å²) in [5.41, 5.74) is 11.0. The van der Waals surface area contributed by atoms with E-state index in [2.05, 4.69) is 17.4 Å². The maximum atomic E-state index is 13.5. The van der Waals surface area contributed by atoms with Crippen LogP contribution >= 0.6 is 0 Å². The van der Waals surface area contributed by atoms with Crippen molar-refractivity contribution >= 4 is 12.0 Å². The Balaban J connectivity index is 1.55. The third-order valence-corrected chi connectivity index (χ3v) is 6.74. The molecular weight excluding hydrogens is 472 g/mol.